The molecule has 2 heterocycles. The maximum atomic E-state index is 13.4. The van der Waals surface area contributed by atoms with E-state index in [1.807, 2.05) is 60.8 Å². The molecule has 0 atom stereocenters. The van der Waals surface area contributed by atoms with E-state index >= 15 is 0 Å². The van der Waals surface area contributed by atoms with E-state index < -0.39 is 0 Å². The fraction of sp³-hybridized carbons (Fsp3) is 0.130. The van der Waals surface area contributed by atoms with Crippen LogP contribution >= 0.6 is 23.1 Å². The van der Waals surface area contributed by atoms with Gasteiger partial charge in [-0.2, -0.15) is 0 Å². The lowest BCUT2D eigenvalue weighted by molar-refractivity contribution is -0.119. The summed E-state index contributed by atoms with van der Waals surface area (Å²) < 4.78 is 5.67. The lowest BCUT2D eigenvalue weighted by atomic mass is 10.2. The average Bonchev–Trinajstić information content (AvgIpc) is 3.34. The molecule has 146 valence electrons. The van der Waals surface area contributed by atoms with Gasteiger partial charge in [-0.25, -0.2) is 4.90 Å². The molecule has 2 aromatic carbocycles. The third kappa shape index (κ3) is 3.86. The summed E-state index contributed by atoms with van der Waals surface area (Å²) in [4.78, 5) is 29.3. The maximum Gasteiger partial charge on any atom is 0.272 e. The highest BCUT2D eigenvalue weighted by molar-refractivity contribution is 8.03. The summed E-state index contributed by atoms with van der Waals surface area (Å²) >= 11 is 2.87. The minimum Gasteiger partial charge on any atom is -0.492 e. The first-order valence-electron chi connectivity index (χ1n) is 9.26. The molecule has 0 radical (unpaired) electrons. The molecule has 0 spiro atoms. The third-order valence-corrected chi connectivity index (χ3v) is 6.47. The molecule has 1 aromatic heterocycles. The van der Waals surface area contributed by atoms with Gasteiger partial charge in [0.25, 0.3) is 11.8 Å². The predicted molar refractivity (Wildman–Crippen MR) is 119 cm³/mol. The van der Waals surface area contributed by atoms with Crippen molar-refractivity contribution in [2.75, 3.05) is 11.5 Å². The molecule has 0 aliphatic carbocycles. The van der Waals surface area contributed by atoms with Gasteiger partial charge in [-0.15, -0.1) is 23.1 Å². The predicted octanol–water partition coefficient (Wildman–Crippen LogP) is 5.36. The van der Waals surface area contributed by atoms with E-state index in [0.29, 0.717) is 34.3 Å². The highest BCUT2D eigenvalue weighted by Gasteiger charge is 2.41. The van der Waals surface area contributed by atoms with Crippen molar-refractivity contribution in [2.24, 2.45) is 0 Å². The van der Waals surface area contributed by atoms with Gasteiger partial charge in [-0.1, -0.05) is 48.5 Å². The maximum absolute atomic E-state index is 13.4. The standard InChI is InChI=1S/C23H19NO3S2/c1-2-27-18-12-7-6-11-17(18)24-22(25)20(19-13-8-14-28-19)21(23(24)26)29-15-16-9-4-3-5-10-16/h3-14H,2,15H2,1H3. The highest BCUT2D eigenvalue weighted by atomic mass is 32.2. The Morgan fingerprint density at radius 2 is 1.69 bits per heavy atom. The van der Waals surface area contributed by atoms with Gasteiger partial charge in [-0.05, 0) is 36.1 Å². The zero-order chi connectivity index (χ0) is 20.2. The van der Waals surface area contributed by atoms with Gasteiger partial charge >= 0.3 is 0 Å². The number of thioether (sulfide) groups is 1. The first-order chi connectivity index (χ1) is 14.2. The molecule has 6 heteroatoms. The molecule has 0 unspecified atom stereocenters. The topological polar surface area (TPSA) is 46.6 Å². The Morgan fingerprint density at radius 1 is 0.931 bits per heavy atom. The Balaban J connectivity index is 1.72. The number of imide groups is 1. The van der Waals surface area contributed by atoms with Gasteiger partial charge in [-0.3, -0.25) is 9.59 Å². The van der Waals surface area contributed by atoms with Crippen LogP contribution in [0.3, 0.4) is 0 Å². The van der Waals surface area contributed by atoms with E-state index in [1.54, 1.807) is 18.2 Å². The van der Waals surface area contributed by atoms with Gasteiger partial charge in [0.1, 0.15) is 5.75 Å². The number of nitrogens with zero attached hydrogens (tertiary/aromatic N) is 1. The van der Waals surface area contributed by atoms with Crippen LogP contribution in [0.15, 0.2) is 77.0 Å². The van der Waals surface area contributed by atoms with Crippen LogP contribution in [0.1, 0.15) is 17.4 Å². The summed E-state index contributed by atoms with van der Waals surface area (Å²) in [6, 6.07) is 20.9. The molecular formula is C23H19NO3S2. The lowest BCUT2D eigenvalue weighted by Crippen LogP contribution is -2.31. The number of carbonyl (C=O) groups excluding carboxylic acids is 2. The molecule has 3 aromatic rings. The second-order valence-electron chi connectivity index (χ2n) is 6.30. The highest BCUT2D eigenvalue weighted by Crippen LogP contribution is 2.42. The molecule has 0 saturated heterocycles. The average molecular weight is 422 g/mol. The van der Waals surface area contributed by atoms with Crippen LogP contribution in [0.25, 0.3) is 5.57 Å². The monoisotopic (exact) mass is 421 g/mol. The summed E-state index contributed by atoms with van der Waals surface area (Å²) in [5, 5.41) is 1.91. The molecule has 4 nitrogen and oxygen atoms in total. The van der Waals surface area contributed by atoms with Crippen molar-refractivity contribution in [3.05, 3.63) is 87.5 Å². The molecule has 0 saturated carbocycles. The summed E-state index contributed by atoms with van der Waals surface area (Å²) in [5.41, 5.74) is 2.05. The number of benzene rings is 2. The van der Waals surface area contributed by atoms with Crippen LogP contribution < -0.4 is 9.64 Å². The lowest BCUT2D eigenvalue weighted by Gasteiger charge is -2.18. The molecule has 0 bridgehead atoms. The molecule has 1 aliphatic heterocycles. The van der Waals surface area contributed by atoms with E-state index in [4.69, 9.17) is 4.74 Å². The summed E-state index contributed by atoms with van der Waals surface area (Å²) in [5.74, 6) is 0.536. The van der Waals surface area contributed by atoms with Gasteiger partial charge in [0.05, 0.1) is 22.8 Å². The van der Waals surface area contributed by atoms with Crippen LogP contribution in [0.4, 0.5) is 5.69 Å². The molecule has 0 N–H and O–H groups in total. The normalized spacial score (nSPS) is 14.0. The van der Waals surface area contributed by atoms with Crippen LogP contribution in [-0.2, 0) is 15.3 Å². The van der Waals surface area contributed by atoms with Crippen molar-refractivity contribution in [3.8, 4) is 5.75 Å². The SMILES string of the molecule is CCOc1ccccc1N1C(=O)C(SCc2ccccc2)=C(c2cccs2)C1=O. The Labute approximate surface area is 177 Å². The van der Waals surface area contributed by atoms with Gasteiger partial charge in [0.2, 0.25) is 0 Å². The molecule has 2 amide bonds. The largest absolute Gasteiger partial charge is 0.492 e. The van der Waals surface area contributed by atoms with Crippen LogP contribution in [0.5, 0.6) is 5.75 Å². The minimum atomic E-state index is -0.305. The van der Waals surface area contributed by atoms with Crippen molar-refractivity contribution in [3.63, 3.8) is 0 Å². The first-order valence-corrected chi connectivity index (χ1v) is 11.1. The van der Waals surface area contributed by atoms with Gasteiger partial charge < -0.3 is 4.74 Å². The van der Waals surface area contributed by atoms with Crippen LogP contribution in [0, 0.1) is 0 Å². The minimum absolute atomic E-state index is 0.300. The van der Waals surface area contributed by atoms with Crippen molar-refractivity contribution < 1.29 is 14.3 Å². The number of ether oxygens (including phenoxy) is 1. The molecule has 4 rings (SSSR count). The Kier molecular flexibility index (Phi) is 5.83. The number of thiophene rings is 1. The summed E-state index contributed by atoms with van der Waals surface area (Å²) in [6.07, 6.45) is 0. The Hall–Kier alpha value is -2.83. The van der Waals surface area contributed by atoms with Crippen molar-refractivity contribution >= 4 is 46.2 Å². The number of hydrogen-bond acceptors (Lipinski definition) is 5. The zero-order valence-corrected chi connectivity index (χ0v) is 17.5. The van der Waals surface area contributed by atoms with Crippen LogP contribution in [-0.4, -0.2) is 18.4 Å². The Bertz CT molecular complexity index is 1060. The molecule has 1 aliphatic rings. The van der Waals surface area contributed by atoms with E-state index in [9.17, 15) is 9.59 Å². The molecular weight excluding hydrogens is 402 g/mol. The number of carbonyl (C=O) groups is 2. The molecule has 0 fully saturated rings. The van der Waals surface area contributed by atoms with E-state index in [1.165, 1.54) is 28.0 Å². The molecule has 29 heavy (non-hydrogen) atoms. The number of rotatable bonds is 7. The number of para-hydroxylation sites is 2. The van der Waals surface area contributed by atoms with Crippen molar-refractivity contribution in [1.29, 1.82) is 0 Å². The second-order valence-corrected chi connectivity index (χ2v) is 8.24. The van der Waals surface area contributed by atoms with Crippen molar-refractivity contribution in [2.45, 2.75) is 12.7 Å². The summed E-state index contributed by atoms with van der Waals surface area (Å²) in [7, 11) is 0. The van der Waals surface area contributed by atoms with Crippen molar-refractivity contribution in [1.82, 2.24) is 0 Å². The summed E-state index contributed by atoms with van der Waals surface area (Å²) in [6.45, 7) is 2.33. The number of amides is 2. The quantitative estimate of drug-likeness (QED) is 0.482. The van der Waals surface area contributed by atoms with Crippen LogP contribution in [0.2, 0.25) is 0 Å². The number of hydrogen-bond donors (Lipinski definition) is 0. The van der Waals surface area contributed by atoms with Gasteiger partial charge in [0.15, 0.2) is 0 Å². The Morgan fingerprint density at radius 3 is 2.41 bits per heavy atom. The second kappa shape index (κ2) is 8.68. The smallest absolute Gasteiger partial charge is 0.272 e. The fourth-order valence-electron chi connectivity index (χ4n) is 3.15. The van der Waals surface area contributed by atoms with E-state index in [-0.39, 0.29) is 11.8 Å². The van der Waals surface area contributed by atoms with Gasteiger partial charge in [0, 0.05) is 10.6 Å². The zero-order valence-electron chi connectivity index (χ0n) is 15.8. The third-order valence-electron chi connectivity index (χ3n) is 4.44. The van der Waals surface area contributed by atoms with E-state index in [0.717, 1.165) is 10.4 Å². The first kappa shape index (κ1) is 19.5. The number of anilines is 1. The van der Waals surface area contributed by atoms with E-state index in [2.05, 4.69) is 0 Å². The fourth-order valence-corrected chi connectivity index (χ4v) is 5.04.